The molecule has 1 aliphatic carbocycles. The Balaban J connectivity index is 1.76. The molecule has 2 unspecified atom stereocenters. The monoisotopic (exact) mass is 404 g/mol. The number of ether oxygens (including phenoxy) is 1. The van der Waals surface area contributed by atoms with E-state index in [0.717, 1.165) is 39.9 Å². The van der Waals surface area contributed by atoms with Crippen LogP contribution in [-0.4, -0.2) is 24.8 Å². The highest BCUT2D eigenvalue weighted by Gasteiger charge is 2.53. The summed E-state index contributed by atoms with van der Waals surface area (Å²) in [5.41, 5.74) is 2.48. The molecule has 3 aromatic rings. The molecule has 0 radical (unpaired) electrons. The maximum atomic E-state index is 10.2. The summed E-state index contributed by atoms with van der Waals surface area (Å²) in [6.07, 6.45) is 3.66. The maximum Gasteiger partial charge on any atom is 0.215 e. The van der Waals surface area contributed by atoms with Crippen LogP contribution >= 0.6 is 0 Å². The van der Waals surface area contributed by atoms with Gasteiger partial charge in [0.15, 0.2) is 6.04 Å². The zero-order chi connectivity index (χ0) is 21.1. The second kappa shape index (κ2) is 6.63. The number of nitrogens with zero attached hydrogens (tertiary/aromatic N) is 1. The molecular formula is C26H30NO3+. The number of hydrogen-bond donors (Lipinski definition) is 1. The van der Waals surface area contributed by atoms with E-state index in [1.54, 1.807) is 13.2 Å². The van der Waals surface area contributed by atoms with Crippen LogP contribution in [0.3, 0.4) is 0 Å². The third-order valence-corrected chi connectivity index (χ3v) is 6.83. The number of phenolic OH excluding ortho intramolecular Hbond substituents is 1. The Labute approximate surface area is 177 Å². The minimum absolute atomic E-state index is 0.268. The summed E-state index contributed by atoms with van der Waals surface area (Å²) < 4.78 is 14.1. The van der Waals surface area contributed by atoms with Crippen LogP contribution in [0.5, 0.6) is 11.5 Å². The summed E-state index contributed by atoms with van der Waals surface area (Å²) in [4.78, 5) is 0. The standard InChI is InChI=1S/C26H29NO3/c1-25(2)13-18-14-26(3,15-25)16-27(18)22-12-24(17-5-8-20(29-4)9-6-17)30-23-10-7-19(28)11-21(22)23/h5-12,18H,13-16H2,1-4H3/p+1. The fourth-order valence-electron chi connectivity index (χ4n) is 6.03. The molecule has 30 heavy (non-hydrogen) atoms. The van der Waals surface area contributed by atoms with E-state index in [1.807, 2.05) is 36.4 Å². The van der Waals surface area contributed by atoms with Gasteiger partial charge in [0.05, 0.1) is 18.6 Å². The van der Waals surface area contributed by atoms with Gasteiger partial charge in [-0.2, -0.15) is 0 Å². The van der Waals surface area contributed by atoms with E-state index in [4.69, 9.17) is 9.15 Å². The van der Waals surface area contributed by atoms with E-state index in [2.05, 4.69) is 31.4 Å². The predicted octanol–water partition coefficient (Wildman–Crippen LogP) is 5.18. The lowest BCUT2D eigenvalue weighted by molar-refractivity contribution is 0.135. The van der Waals surface area contributed by atoms with Gasteiger partial charge in [-0.15, -0.1) is 0 Å². The first-order chi connectivity index (χ1) is 14.3. The Bertz CT molecular complexity index is 1190. The van der Waals surface area contributed by atoms with Crippen molar-refractivity contribution in [1.29, 1.82) is 0 Å². The Morgan fingerprint density at radius 1 is 1.03 bits per heavy atom. The molecule has 1 saturated carbocycles. The van der Waals surface area contributed by atoms with Crippen molar-refractivity contribution >= 4 is 11.0 Å². The van der Waals surface area contributed by atoms with Crippen LogP contribution < -0.4 is 14.7 Å². The lowest BCUT2D eigenvalue weighted by Crippen LogP contribution is -2.37. The molecular weight excluding hydrogens is 374 g/mol. The van der Waals surface area contributed by atoms with E-state index in [-0.39, 0.29) is 5.75 Å². The molecule has 0 amide bonds. The largest absolute Gasteiger partial charge is 0.508 e. The predicted molar refractivity (Wildman–Crippen MR) is 120 cm³/mol. The van der Waals surface area contributed by atoms with Crippen LogP contribution in [-0.2, 0) is 0 Å². The van der Waals surface area contributed by atoms with Crippen LogP contribution in [0.15, 0.2) is 52.9 Å². The van der Waals surface area contributed by atoms with Gasteiger partial charge in [0.2, 0.25) is 5.36 Å². The molecule has 2 aromatic carbocycles. The number of methoxy groups -OCH3 is 1. The van der Waals surface area contributed by atoms with Gasteiger partial charge in [0, 0.05) is 23.8 Å². The van der Waals surface area contributed by atoms with Gasteiger partial charge in [-0.25, -0.2) is 4.58 Å². The number of fused-ring (bicyclic) bond motifs is 3. The van der Waals surface area contributed by atoms with E-state index in [0.29, 0.717) is 16.9 Å². The summed E-state index contributed by atoms with van der Waals surface area (Å²) in [7, 11) is 1.67. The average Bonchev–Trinajstić information content (AvgIpc) is 2.95. The molecule has 1 aromatic heterocycles. The van der Waals surface area contributed by atoms with Crippen LogP contribution in [0.25, 0.3) is 22.3 Å². The van der Waals surface area contributed by atoms with Gasteiger partial charge >= 0.3 is 0 Å². The fraction of sp³-hybridized carbons (Fsp3) is 0.423. The number of rotatable bonds is 2. The van der Waals surface area contributed by atoms with E-state index in [1.165, 1.54) is 19.3 Å². The fourth-order valence-corrected chi connectivity index (χ4v) is 6.03. The van der Waals surface area contributed by atoms with Gasteiger partial charge in [0.25, 0.3) is 0 Å². The average molecular weight is 405 g/mol. The van der Waals surface area contributed by atoms with Crippen molar-refractivity contribution < 1.29 is 14.3 Å². The van der Waals surface area contributed by atoms with E-state index < -0.39 is 0 Å². The number of aromatic hydroxyl groups is 1. The van der Waals surface area contributed by atoms with Gasteiger partial charge < -0.3 is 14.3 Å². The van der Waals surface area contributed by atoms with Gasteiger partial charge in [0.1, 0.15) is 29.4 Å². The molecule has 2 heterocycles. The van der Waals surface area contributed by atoms with Crippen LogP contribution in [0.4, 0.5) is 0 Å². The highest BCUT2D eigenvalue weighted by atomic mass is 16.5. The molecule has 0 spiro atoms. The van der Waals surface area contributed by atoms with Crippen molar-refractivity contribution in [3.63, 3.8) is 0 Å². The summed E-state index contributed by atoms with van der Waals surface area (Å²) in [5, 5.41) is 12.3. The minimum Gasteiger partial charge on any atom is -0.508 e. The van der Waals surface area contributed by atoms with Crippen molar-refractivity contribution in [1.82, 2.24) is 4.58 Å². The number of benzene rings is 2. The van der Waals surface area contributed by atoms with Gasteiger partial charge in [-0.3, -0.25) is 0 Å². The summed E-state index contributed by atoms with van der Waals surface area (Å²) in [5.74, 6) is 1.93. The van der Waals surface area contributed by atoms with Crippen molar-refractivity contribution in [2.75, 3.05) is 13.7 Å². The molecule has 2 aliphatic rings. The second-order valence-electron chi connectivity index (χ2n) is 10.2. The molecule has 1 saturated heterocycles. The topological polar surface area (TPSA) is 45.6 Å². The molecule has 1 aliphatic heterocycles. The highest BCUT2D eigenvalue weighted by Crippen LogP contribution is 2.50. The molecule has 4 heteroatoms. The third kappa shape index (κ3) is 3.28. The molecule has 4 nitrogen and oxygen atoms in total. The normalized spacial score (nSPS) is 26.7. The minimum atomic E-state index is 0.268. The Hall–Kier alpha value is -2.75. The number of phenols is 1. The molecule has 2 bridgehead atoms. The maximum absolute atomic E-state index is 10.2. The Morgan fingerprint density at radius 2 is 1.80 bits per heavy atom. The first kappa shape index (κ1) is 19.2. The first-order valence-corrected chi connectivity index (χ1v) is 10.8. The lowest BCUT2D eigenvalue weighted by atomic mass is 9.65. The van der Waals surface area contributed by atoms with Crippen molar-refractivity contribution in [2.24, 2.45) is 10.8 Å². The first-order valence-electron chi connectivity index (χ1n) is 10.8. The van der Waals surface area contributed by atoms with E-state index >= 15 is 0 Å². The van der Waals surface area contributed by atoms with E-state index in [9.17, 15) is 5.11 Å². The smallest absolute Gasteiger partial charge is 0.215 e. The quantitative estimate of drug-likeness (QED) is 0.598. The van der Waals surface area contributed by atoms with Gasteiger partial charge in [-0.1, -0.05) is 20.8 Å². The Kier molecular flexibility index (Phi) is 4.25. The Morgan fingerprint density at radius 3 is 2.53 bits per heavy atom. The van der Waals surface area contributed by atoms with Crippen molar-refractivity contribution in [2.45, 2.75) is 46.1 Å². The summed E-state index contributed by atoms with van der Waals surface area (Å²) >= 11 is 0. The molecule has 5 rings (SSSR count). The number of hydrogen-bond acceptors (Lipinski definition) is 3. The molecule has 1 N–H and O–H groups in total. The van der Waals surface area contributed by atoms with Crippen LogP contribution in [0.2, 0.25) is 0 Å². The molecule has 156 valence electrons. The lowest BCUT2D eigenvalue weighted by Gasteiger charge is -2.36. The SMILES string of the molecule is COc1ccc(-c2cc(=[N+]3CC4(C)CC3CC(C)(C)C4)c3cc(O)ccc3o2)cc1. The van der Waals surface area contributed by atoms with Crippen molar-refractivity contribution in [3.8, 4) is 22.8 Å². The van der Waals surface area contributed by atoms with Crippen LogP contribution in [0, 0.1) is 10.8 Å². The second-order valence-corrected chi connectivity index (χ2v) is 10.2. The molecule has 2 atom stereocenters. The van der Waals surface area contributed by atoms with Crippen molar-refractivity contribution in [3.05, 3.63) is 53.9 Å². The van der Waals surface area contributed by atoms with Crippen LogP contribution in [0.1, 0.15) is 40.0 Å². The zero-order valence-corrected chi connectivity index (χ0v) is 18.2. The summed E-state index contributed by atoms with van der Waals surface area (Å²) in [6, 6.07) is 16.0. The third-order valence-electron chi connectivity index (χ3n) is 6.83. The zero-order valence-electron chi connectivity index (χ0n) is 18.2. The molecule has 2 fully saturated rings. The summed E-state index contributed by atoms with van der Waals surface area (Å²) in [6.45, 7) is 8.26. The van der Waals surface area contributed by atoms with Gasteiger partial charge in [-0.05, 0) is 54.3 Å². The highest BCUT2D eigenvalue weighted by molar-refractivity contribution is 5.80.